The van der Waals surface area contributed by atoms with Gasteiger partial charge in [-0.3, -0.25) is 10.4 Å². The second-order valence-corrected chi connectivity index (χ2v) is 4.10. The third-order valence-electron chi connectivity index (χ3n) is 2.39. The summed E-state index contributed by atoms with van der Waals surface area (Å²) < 4.78 is 10.5. The van der Waals surface area contributed by atoms with Crippen molar-refractivity contribution in [2.45, 2.75) is 0 Å². The van der Waals surface area contributed by atoms with Crippen LogP contribution in [-0.2, 0) is 0 Å². The smallest absolute Gasteiger partial charge is 0.231 e. The van der Waals surface area contributed by atoms with Crippen LogP contribution < -0.4 is 14.9 Å². The van der Waals surface area contributed by atoms with E-state index in [4.69, 9.17) is 21.1 Å². The highest BCUT2D eigenvalue weighted by molar-refractivity contribution is 6.29. The SMILES string of the molecule is Clc1cncc(NN=Cc2ccc3c(c2)OCO3)n1. The number of hydrazone groups is 1. The Kier molecular flexibility index (Phi) is 3.16. The Morgan fingerprint density at radius 3 is 3.05 bits per heavy atom. The summed E-state index contributed by atoms with van der Waals surface area (Å²) in [7, 11) is 0. The summed E-state index contributed by atoms with van der Waals surface area (Å²) in [5.41, 5.74) is 3.62. The number of hydrogen-bond acceptors (Lipinski definition) is 6. The van der Waals surface area contributed by atoms with E-state index in [1.165, 1.54) is 12.4 Å². The molecule has 2 heterocycles. The van der Waals surface area contributed by atoms with Gasteiger partial charge in [0, 0.05) is 0 Å². The molecule has 0 saturated heterocycles. The van der Waals surface area contributed by atoms with E-state index in [-0.39, 0.29) is 6.79 Å². The average Bonchev–Trinajstić information content (AvgIpc) is 2.86. The highest BCUT2D eigenvalue weighted by atomic mass is 35.5. The molecule has 0 spiro atoms. The van der Waals surface area contributed by atoms with Gasteiger partial charge in [-0.15, -0.1) is 0 Å². The predicted molar refractivity (Wildman–Crippen MR) is 70.8 cm³/mol. The summed E-state index contributed by atoms with van der Waals surface area (Å²) in [6, 6.07) is 5.56. The molecule has 2 aromatic rings. The summed E-state index contributed by atoms with van der Waals surface area (Å²) in [4.78, 5) is 7.89. The van der Waals surface area contributed by atoms with Gasteiger partial charge in [0.15, 0.2) is 17.3 Å². The normalized spacial score (nSPS) is 12.9. The maximum Gasteiger partial charge on any atom is 0.231 e. The molecule has 1 aliphatic rings. The topological polar surface area (TPSA) is 68.6 Å². The van der Waals surface area contributed by atoms with E-state index >= 15 is 0 Å². The summed E-state index contributed by atoms with van der Waals surface area (Å²) in [6.07, 6.45) is 4.63. The first-order valence-corrected chi connectivity index (χ1v) is 5.85. The zero-order valence-corrected chi connectivity index (χ0v) is 10.5. The molecule has 0 bridgehead atoms. The maximum atomic E-state index is 5.71. The van der Waals surface area contributed by atoms with E-state index in [1.54, 1.807) is 6.21 Å². The molecule has 0 atom stereocenters. The lowest BCUT2D eigenvalue weighted by Gasteiger charge is -1.99. The van der Waals surface area contributed by atoms with Gasteiger partial charge in [0.05, 0.1) is 18.6 Å². The average molecular weight is 277 g/mol. The van der Waals surface area contributed by atoms with Crippen molar-refractivity contribution < 1.29 is 9.47 Å². The lowest BCUT2D eigenvalue weighted by Crippen LogP contribution is -1.94. The van der Waals surface area contributed by atoms with Gasteiger partial charge in [0.2, 0.25) is 6.79 Å². The third kappa shape index (κ3) is 2.74. The lowest BCUT2D eigenvalue weighted by molar-refractivity contribution is 0.174. The minimum absolute atomic E-state index is 0.256. The Morgan fingerprint density at radius 1 is 1.26 bits per heavy atom. The van der Waals surface area contributed by atoms with Crippen molar-refractivity contribution in [3.05, 3.63) is 41.3 Å². The van der Waals surface area contributed by atoms with E-state index in [1.807, 2.05) is 18.2 Å². The molecule has 6 nitrogen and oxygen atoms in total. The lowest BCUT2D eigenvalue weighted by atomic mass is 10.2. The van der Waals surface area contributed by atoms with Crippen LogP contribution in [0.25, 0.3) is 0 Å². The van der Waals surface area contributed by atoms with Gasteiger partial charge in [-0.1, -0.05) is 11.6 Å². The molecule has 1 aromatic carbocycles. The number of nitrogens with zero attached hydrogens (tertiary/aromatic N) is 3. The Morgan fingerprint density at radius 2 is 2.16 bits per heavy atom. The van der Waals surface area contributed by atoms with Gasteiger partial charge in [0.1, 0.15) is 5.15 Å². The van der Waals surface area contributed by atoms with E-state index < -0.39 is 0 Å². The number of rotatable bonds is 3. The van der Waals surface area contributed by atoms with E-state index in [0.29, 0.717) is 16.7 Å². The molecule has 19 heavy (non-hydrogen) atoms. The largest absolute Gasteiger partial charge is 0.454 e. The number of hydrogen-bond donors (Lipinski definition) is 1. The number of anilines is 1. The van der Waals surface area contributed by atoms with Crippen molar-refractivity contribution in [2.24, 2.45) is 5.10 Å². The van der Waals surface area contributed by atoms with Crippen molar-refractivity contribution in [2.75, 3.05) is 12.2 Å². The molecule has 96 valence electrons. The molecule has 0 fully saturated rings. The molecule has 0 amide bonds. The molecule has 1 N–H and O–H groups in total. The van der Waals surface area contributed by atoms with Crippen LogP contribution in [0.5, 0.6) is 11.5 Å². The highest BCUT2D eigenvalue weighted by Gasteiger charge is 2.12. The molecular weight excluding hydrogens is 268 g/mol. The summed E-state index contributed by atoms with van der Waals surface area (Å²) >= 11 is 5.71. The second-order valence-electron chi connectivity index (χ2n) is 3.71. The molecule has 3 rings (SSSR count). The van der Waals surface area contributed by atoms with Crippen LogP contribution in [0.3, 0.4) is 0 Å². The number of aromatic nitrogens is 2. The fourth-order valence-corrected chi connectivity index (χ4v) is 1.71. The zero-order valence-electron chi connectivity index (χ0n) is 9.71. The van der Waals surface area contributed by atoms with E-state index in [2.05, 4.69) is 20.5 Å². The van der Waals surface area contributed by atoms with E-state index in [0.717, 1.165) is 11.3 Å². The Labute approximate surface area is 114 Å². The fourth-order valence-electron chi connectivity index (χ4n) is 1.56. The number of nitrogens with one attached hydrogen (secondary N) is 1. The summed E-state index contributed by atoms with van der Waals surface area (Å²) in [5, 5.41) is 4.35. The Hall–Kier alpha value is -2.34. The van der Waals surface area contributed by atoms with Gasteiger partial charge in [-0.2, -0.15) is 5.10 Å². The van der Waals surface area contributed by atoms with Gasteiger partial charge < -0.3 is 9.47 Å². The predicted octanol–water partition coefficient (Wildman–Crippen LogP) is 2.30. The zero-order chi connectivity index (χ0) is 13.1. The van der Waals surface area contributed by atoms with Crippen molar-refractivity contribution in [3.8, 4) is 11.5 Å². The quantitative estimate of drug-likeness (QED) is 0.688. The van der Waals surface area contributed by atoms with Crippen LogP contribution in [0.2, 0.25) is 5.15 Å². The van der Waals surface area contributed by atoms with Crippen LogP contribution in [0.4, 0.5) is 5.82 Å². The highest BCUT2D eigenvalue weighted by Crippen LogP contribution is 2.31. The van der Waals surface area contributed by atoms with Crippen LogP contribution in [0.15, 0.2) is 35.7 Å². The molecule has 0 aliphatic carbocycles. The standard InChI is InChI=1S/C12H9ClN4O2/c13-11-5-14-6-12(16-11)17-15-4-8-1-2-9-10(3-8)19-7-18-9/h1-6H,7H2,(H,16,17). The first-order chi connectivity index (χ1) is 9.31. The molecule has 7 heteroatoms. The van der Waals surface area contributed by atoms with Crippen molar-refractivity contribution in [1.29, 1.82) is 0 Å². The Balaban J connectivity index is 1.69. The van der Waals surface area contributed by atoms with Gasteiger partial charge >= 0.3 is 0 Å². The first kappa shape index (κ1) is 11.7. The van der Waals surface area contributed by atoms with Crippen LogP contribution >= 0.6 is 11.6 Å². The number of ether oxygens (including phenoxy) is 2. The number of halogens is 1. The van der Waals surface area contributed by atoms with Crippen LogP contribution in [0.1, 0.15) is 5.56 Å². The van der Waals surface area contributed by atoms with Gasteiger partial charge in [-0.05, 0) is 23.8 Å². The molecule has 0 saturated carbocycles. The van der Waals surface area contributed by atoms with Crippen LogP contribution in [-0.4, -0.2) is 23.0 Å². The minimum Gasteiger partial charge on any atom is -0.454 e. The summed E-state index contributed by atoms with van der Waals surface area (Å²) in [6.45, 7) is 0.256. The van der Waals surface area contributed by atoms with Crippen molar-refractivity contribution >= 4 is 23.6 Å². The Bertz CT molecular complexity index is 633. The first-order valence-electron chi connectivity index (χ1n) is 5.47. The molecule has 1 aliphatic heterocycles. The molecule has 0 unspecified atom stereocenters. The fraction of sp³-hybridized carbons (Fsp3) is 0.0833. The molecule has 0 radical (unpaired) electrons. The van der Waals surface area contributed by atoms with E-state index in [9.17, 15) is 0 Å². The van der Waals surface area contributed by atoms with Gasteiger partial charge in [-0.25, -0.2) is 4.98 Å². The van der Waals surface area contributed by atoms with Crippen LogP contribution in [0, 0.1) is 0 Å². The van der Waals surface area contributed by atoms with Crippen molar-refractivity contribution in [1.82, 2.24) is 9.97 Å². The number of fused-ring (bicyclic) bond motifs is 1. The minimum atomic E-state index is 0.256. The monoisotopic (exact) mass is 276 g/mol. The van der Waals surface area contributed by atoms with Gasteiger partial charge in [0.25, 0.3) is 0 Å². The van der Waals surface area contributed by atoms with Crippen molar-refractivity contribution in [3.63, 3.8) is 0 Å². The maximum absolute atomic E-state index is 5.71. The summed E-state index contributed by atoms with van der Waals surface area (Å²) in [5.74, 6) is 1.93. The number of benzene rings is 1. The second kappa shape index (κ2) is 5.11. The molecule has 1 aromatic heterocycles. The molecular formula is C12H9ClN4O2. The third-order valence-corrected chi connectivity index (χ3v) is 2.58.